The fourth-order valence-corrected chi connectivity index (χ4v) is 1.75. The molecule has 1 aromatic heterocycles. The Morgan fingerprint density at radius 3 is 3.00 bits per heavy atom. The Kier molecular flexibility index (Phi) is 4.13. The lowest BCUT2D eigenvalue weighted by Crippen LogP contribution is -2.03. The van der Waals surface area contributed by atoms with Crippen LogP contribution in [0.15, 0.2) is 30.6 Å². The summed E-state index contributed by atoms with van der Waals surface area (Å²) in [5, 5.41) is 22.3. The Bertz CT molecular complexity index is 671. The van der Waals surface area contributed by atoms with Crippen molar-refractivity contribution in [2.24, 2.45) is 0 Å². The van der Waals surface area contributed by atoms with Gasteiger partial charge in [-0.15, -0.1) is 0 Å². The van der Waals surface area contributed by atoms with Crippen LogP contribution in [0.4, 0.5) is 0 Å². The van der Waals surface area contributed by atoms with E-state index >= 15 is 0 Å². The van der Waals surface area contributed by atoms with Crippen molar-refractivity contribution in [1.29, 1.82) is 5.26 Å². The topological polar surface area (TPSA) is 88.1 Å². The van der Waals surface area contributed by atoms with Gasteiger partial charge in [0.15, 0.2) is 0 Å². The highest BCUT2D eigenvalue weighted by atomic mass is 16.5. The molecule has 0 bridgehead atoms. The molecular weight excluding hydrogens is 258 g/mol. The SMILES string of the molecule is CCOC(=O)c1cnn(-c2ccc(CO)cc2C#N)c1. The Morgan fingerprint density at radius 2 is 2.35 bits per heavy atom. The molecule has 0 amide bonds. The summed E-state index contributed by atoms with van der Waals surface area (Å²) >= 11 is 0. The van der Waals surface area contributed by atoms with Crippen LogP contribution in [-0.2, 0) is 11.3 Å². The molecule has 0 spiro atoms. The van der Waals surface area contributed by atoms with Gasteiger partial charge >= 0.3 is 5.97 Å². The van der Waals surface area contributed by atoms with E-state index in [-0.39, 0.29) is 6.61 Å². The summed E-state index contributed by atoms with van der Waals surface area (Å²) in [5.41, 5.74) is 1.88. The molecular formula is C14H13N3O3. The van der Waals surface area contributed by atoms with E-state index in [1.807, 2.05) is 6.07 Å². The van der Waals surface area contributed by atoms with E-state index in [0.717, 1.165) is 0 Å². The molecule has 0 radical (unpaired) electrons. The van der Waals surface area contributed by atoms with Crippen molar-refractivity contribution in [3.8, 4) is 11.8 Å². The van der Waals surface area contributed by atoms with Crippen molar-refractivity contribution >= 4 is 5.97 Å². The number of hydrogen-bond donors (Lipinski definition) is 1. The van der Waals surface area contributed by atoms with Gasteiger partial charge in [-0.1, -0.05) is 6.07 Å². The van der Waals surface area contributed by atoms with Crippen LogP contribution in [0, 0.1) is 11.3 Å². The molecule has 20 heavy (non-hydrogen) atoms. The molecule has 0 aliphatic heterocycles. The number of rotatable bonds is 4. The summed E-state index contributed by atoms with van der Waals surface area (Å²) in [5.74, 6) is -0.454. The predicted octanol–water partition coefficient (Wildman–Crippen LogP) is 1.41. The lowest BCUT2D eigenvalue weighted by atomic mass is 10.1. The molecule has 1 aromatic carbocycles. The van der Waals surface area contributed by atoms with Gasteiger partial charge in [0, 0.05) is 6.20 Å². The third-order valence-electron chi connectivity index (χ3n) is 2.70. The monoisotopic (exact) mass is 271 g/mol. The van der Waals surface area contributed by atoms with Gasteiger partial charge in [0.2, 0.25) is 0 Å². The van der Waals surface area contributed by atoms with Crippen LogP contribution in [0.1, 0.15) is 28.4 Å². The molecule has 0 fully saturated rings. The van der Waals surface area contributed by atoms with E-state index < -0.39 is 5.97 Å². The fraction of sp³-hybridized carbons (Fsp3) is 0.214. The number of aliphatic hydroxyl groups excluding tert-OH is 1. The zero-order chi connectivity index (χ0) is 14.5. The first kappa shape index (κ1) is 13.8. The number of ether oxygens (including phenoxy) is 1. The van der Waals surface area contributed by atoms with Crippen molar-refractivity contribution in [3.63, 3.8) is 0 Å². The van der Waals surface area contributed by atoms with Crippen molar-refractivity contribution in [3.05, 3.63) is 47.3 Å². The van der Waals surface area contributed by atoms with Gasteiger partial charge in [0.25, 0.3) is 0 Å². The molecule has 0 saturated heterocycles. The van der Waals surface area contributed by atoms with E-state index in [2.05, 4.69) is 5.10 Å². The van der Waals surface area contributed by atoms with Crippen molar-refractivity contribution in [1.82, 2.24) is 9.78 Å². The molecule has 0 unspecified atom stereocenters. The van der Waals surface area contributed by atoms with E-state index in [1.54, 1.807) is 25.1 Å². The maximum atomic E-state index is 11.6. The molecule has 2 rings (SSSR count). The second kappa shape index (κ2) is 5.99. The number of aliphatic hydroxyl groups is 1. The third-order valence-corrected chi connectivity index (χ3v) is 2.70. The molecule has 0 saturated carbocycles. The number of carbonyl (C=O) groups excluding carboxylic acids is 1. The van der Waals surface area contributed by atoms with E-state index in [0.29, 0.717) is 29.0 Å². The highest BCUT2D eigenvalue weighted by Gasteiger charge is 2.12. The third kappa shape index (κ3) is 2.68. The van der Waals surface area contributed by atoms with Crippen LogP contribution >= 0.6 is 0 Å². The van der Waals surface area contributed by atoms with Gasteiger partial charge in [-0.2, -0.15) is 10.4 Å². The Morgan fingerprint density at radius 1 is 1.55 bits per heavy atom. The molecule has 102 valence electrons. The van der Waals surface area contributed by atoms with Gasteiger partial charge in [-0.05, 0) is 24.6 Å². The lowest BCUT2D eigenvalue weighted by Gasteiger charge is -2.05. The van der Waals surface area contributed by atoms with Gasteiger partial charge in [0.05, 0.1) is 36.2 Å². The summed E-state index contributed by atoms with van der Waals surface area (Å²) < 4.78 is 6.32. The number of benzene rings is 1. The summed E-state index contributed by atoms with van der Waals surface area (Å²) in [7, 11) is 0. The number of nitrogens with zero attached hydrogens (tertiary/aromatic N) is 3. The highest BCUT2D eigenvalue weighted by Crippen LogP contribution is 2.16. The molecule has 0 aliphatic carbocycles. The second-order valence-corrected chi connectivity index (χ2v) is 4.02. The maximum Gasteiger partial charge on any atom is 0.341 e. The molecule has 0 aliphatic rings. The first-order valence-corrected chi connectivity index (χ1v) is 6.05. The first-order chi connectivity index (χ1) is 9.69. The zero-order valence-electron chi connectivity index (χ0n) is 10.9. The number of esters is 1. The summed E-state index contributed by atoms with van der Waals surface area (Å²) in [6, 6.07) is 7.00. The zero-order valence-corrected chi connectivity index (χ0v) is 10.9. The Labute approximate surface area is 115 Å². The van der Waals surface area contributed by atoms with Crippen molar-refractivity contribution in [2.45, 2.75) is 13.5 Å². The van der Waals surface area contributed by atoms with Crippen molar-refractivity contribution in [2.75, 3.05) is 6.61 Å². The summed E-state index contributed by atoms with van der Waals surface area (Å²) in [6.45, 7) is 1.88. The van der Waals surface area contributed by atoms with Crippen LogP contribution in [0.25, 0.3) is 5.69 Å². The van der Waals surface area contributed by atoms with E-state index in [1.165, 1.54) is 17.1 Å². The lowest BCUT2D eigenvalue weighted by molar-refractivity contribution is 0.0526. The number of nitriles is 1. The number of carbonyl (C=O) groups is 1. The standard InChI is InChI=1S/C14H13N3O3/c1-2-20-14(19)12-7-16-17(8-12)13-4-3-10(9-18)5-11(13)6-15/h3-5,7-8,18H,2,9H2,1H3. The van der Waals surface area contributed by atoms with Crippen LogP contribution < -0.4 is 0 Å². The second-order valence-electron chi connectivity index (χ2n) is 4.02. The number of hydrogen-bond acceptors (Lipinski definition) is 5. The fourth-order valence-electron chi connectivity index (χ4n) is 1.75. The quantitative estimate of drug-likeness (QED) is 0.849. The van der Waals surface area contributed by atoms with E-state index in [4.69, 9.17) is 15.1 Å². The molecule has 1 heterocycles. The van der Waals surface area contributed by atoms with Gasteiger partial charge in [-0.3, -0.25) is 0 Å². The normalized spacial score (nSPS) is 10.1. The smallest absolute Gasteiger partial charge is 0.341 e. The minimum absolute atomic E-state index is 0.137. The molecule has 6 nitrogen and oxygen atoms in total. The minimum Gasteiger partial charge on any atom is -0.462 e. The highest BCUT2D eigenvalue weighted by molar-refractivity contribution is 5.88. The molecule has 6 heteroatoms. The van der Waals surface area contributed by atoms with Crippen LogP contribution in [-0.4, -0.2) is 27.5 Å². The maximum absolute atomic E-state index is 11.6. The average molecular weight is 271 g/mol. The largest absolute Gasteiger partial charge is 0.462 e. The van der Waals surface area contributed by atoms with Gasteiger partial charge in [-0.25, -0.2) is 9.48 Å². The van der Waals surface area contributed by atoms with Gasteiger partial charge < -0.3 is 9.84 Å². The van der Waals surface area contributed by atoms with Crippen molar-refractivity contribution < 1.29 is 14.6 Å². The number of aromatic nitrogens is 2. The summed E-state index contributed by atoms with van der Waals surface area (Å²) in [6.07, 6.45) is 2.89. The predicted molar refractivity (Wildman–Crippen MR) is 70.2 cm³/mol. The van der Waals surface area contributed by atoms with E-state index in [9.17, 15) is 4.79 Å². The van der Waals surface area contributed by atoms with Crippen LogP contribution in [0.5, 0.6) is 0 Å². The Balaban J connectivity index is 2.38. The minimum atomic E-state index is -0.454. The molecule has 2 aromatic rings. The van der Waals surface area contributed by atoms with Crippen LogP contribution in [0.2, 0.25) is 0 Å². The Hall–Kier alpha value is -2.65. The van der Waals surface area contributed by atoms with Gasteiger partial charge in [0.1, 0.15) is 6.07 Å². The summed E-state index contributed by atoms with van der Waals surface area (Å²) in [4.78, 5) is 11.6. The molecule has 1 N–H and O–H groups in total. The molecule has 0 atom stereocenters. The first-order valence-electron chi connectivity index (χ1n) is 6.05. The average Bonchev–Trinajstić information content (AvgIpc) is 2.96. The van der Waals surface area contributed by atoms with Crippen LogP contribution in [0.3, 0.4) is 0 Å².